The number of sulfonamides is 1. The van der Waals surface area contributed by atoms with Crippen molar-refractivity contribution in [3.05, 3.63) is 18.0 Å². The highest BCUT2D eigenvalue weighted by Gasteiger charge is 2.18. The van der Waals surface area contributed by atoms with Gasteiger partial charge in [-0.3, -0.25) is 4.68 Å². The van der Waals surface area contributed by atoms with Gasteiger partial charge in [0.05, 0.1) is 18.1 Å². The fourth-order valence-corrected chi connectivity index (χ4v) is 2.05. The maximum Gasteiger partial charge on any atom is 0.216 e. The lowest BCUT2D eigenvalue weighted by Gasteiger charge is -2.10. The zero-order chi connectivity index (χ0) is 12.2. The zero-order valence-corrected chi connectivity index (χ0v) is 10.2. The molecule has 7 heteroatoms. The quantitative estimate of drug-likeness (QED) is 0.693. The zero-order valence-electron chi connectivity index (χ0n) is 9.42. The fourth-order valence-electron chi connectivity index (χ4n) is 1.18. The van der Waals surface area contributed by atoms with E-state index in [0.717, 1.165) is 5.56 Å². The molecule has 0 amide bonds. The minimum Gasteiger partial charge on any atom is -0.395 e. The van der Waals surface area contributed by atoms with E-state index in [-0.39, 0.29) is 6.61 Å². The van der Waals surface area contributed by atoms with Crippen molar-refractivity contribution in [3.8, 4) is 0 Å². The van der Waals surface area contributed by atoms with Crippen LogP contribution in [0.25, 0.3) is 0 Å². The summed E-state index contributed by atoms with van der Waals surface area (Å²) in [6, 6.07) is 0. The average molecular weight is 247 g/mol. The first-order valence-corrected chi connectivity index (χ1v) is 6.57. The predicted octanol–water partition coefficient (Wildman–Crippen LogP) is -0.737. The summed E-state index contributed by atoms with van der Waals surface area (Å²) in [5.41, 5.74) is 0.974. The molecule has 1 aromatic rings. The summed E-state index contributed by atoms with van der Waals surface area (Å²) in [6.07, 6.45) is 4.12. The number of hydrogen-bond donors (Lipinski definition) is 2. The molecule has 0 aromatic carbocycles. The molecule has 0 aliphatic carbocycles. The molecule has 1 heterocycles. The first-order chi connectivity index (χ1) is 7.45. The molecule has 1 aromatic heterocycles. The number of nitrogens with zero attached hydrogens (tertiary/aromatic N) is 2. The second kappa shape index (κ2) is 5.42. The van der Waals surface area contributed by atoms with Gasteiger partial charge in [0.2, 0.25) is 10.0 Å². The predicted molar refractivity (Wildman–Crippen MR) is 60.4 cm³/mol. The lowest BCUT2D eigenvalue weighted by molar-refractivity contribution is 0.295. The van der Waals surface area contributed by atoms with Crippen LogP contribution < -0.4 is 4.72 Å². The molecular formula is C9H17N3O3S. The SMILES string of the molecule is CC(CO)S(=O)(=O)NCCc1cnn(C)c1. The molecule has 0 fully saturated rings. The van der Waals surface area contributed by atoms with Gasteiger partial charge in [0.1, 0.15) is 0 Å². The van der Waals surface area contributed by atoms with E-state index in [1.165, 1.54) is 6.92 Å². The van der Waals surface area contributed by atoms with Crippen LogP contribution in [0.2, 0.25) is 0 Å². The van der Waals surface area contributed by atoms with Crippen LogP contribution >= 0.6 is 0 Å². The third-order valence-electron chi connectivity index (χ3n) is 2.26. The van der Waals surface area contributed by atoms with Crippen molar-refractivity contribution in [3.63, 3.8) is 0 Å². The van der Waals surface area contributed by atoms with Gasteiger partial charge in [0.15, 0.2) is 0 Å². The highest BCUT2D eigenvalue weighted by atomic mass is 32.2. The van der Waals surface area contributed by atoms with Crippen molar-refractivity contribution in [1.82, 2.24) is 14.5 Å². The number of rotatable bonds is 6. The molecule has 0 saturated carbocycles. The van der Waals surface area contributed by atoms with E-state index < -0.39 is 15.3 Å². The van der Waals surface area contributed by atoms with Crippen molar-refractivity contribution in [2.24, 2.45) is 7.05 Å². The van der Waals surface area contributed by atoms with Crippen molar-refractivity contribution in [2.75, 3.05) is 13.2 Å². The van der Waals surface area contributed by atoms with E-state index in [1.54, 1.807) is 10.9 Å². The number of aryl methyl sites for hydroxylation is 1. The topological polar surface area (TPSA) is 84.2 Å². The Morgan fingerprint density at radius 1 is 1.62 bits per heavy atom. The highest BCUT2D eigenvalue weighted by Crippen LogP contribution is 1.99. The molecule has 2 N–H and O–H groups in total. The van der Waals surface area contributed by atoms with Crippen LogP contribution in [-0.2, 0) is 23.5 Å². The van der Waals surface area contributed by atoms with Gasteiger partial charge >= 0.3 is 0 Å². The third kappa shape index (κ3) is 3.58. The van der Waals surface area contributed by atoms with E-state index in [2.05, 4.69) is 9.82 Å². The summed E-state index contributed by atoms with van der Waals surface area (Å²) >= 11 is 0. The number of aliphatic hydroxyl groups excluding tert-OH is 1. The Morgan fingerprint density at radius 3 is 2.81 bits per heavy atom. The Labute approximate surface area is 95.3 Å². The second-order valence-corrected chi connectivity index (χ2v) is 5.89. The molecule has 1 atom stereocenters. The van der Waals surface area contributed by atoms with Crippen molar-refractivity contribution >= 4 is 10.0 Å². The van der Waals surface area contributed by atoms with Gasteiger partial charge in [0.25, 0.3) is 0 Å². The first-order valence-electron chi connectivity index (χ1n) is 5.02. The summed E-state index contributed by atoms with van der Waals surface area (Å²) in [4.78, 5) is 0. The van der Waals surface area contributed by atoms with Crippen LogP contribution in [0.3, 0.4) is 0 Å². The maximum atomic E-state index is 11.5. The van der Waals surface area contributed by atoms with Crippen molar-refractivity contribution < 1.29 is 13.5 Å². The first kappa shape index (κ1) is 13.1. The lowest BCUT2D eigenvalue weighted by atomic mass is 10.3. The van der Waals surface area contributed by atoms with Gasteiger partial charge < -0.3 is 5.11 Å². The molecule has 0 bridgehead atoms. The van der Waals surface area contributed by atoms with Gasteiger partial charge in [-0.25, -0.2) is 13.1 Å². The van der Waals surface area contributed by atoms with Crippen molar-refractivity contribution in [1.29, 1.82) is 0 Å². The van der Waals surface area contributed by atoms with Gasteiger partial charge in [-0.1, -0.05) is 0 Å². The van der Waals surface area contributed by atoms with Crippen LogP contribution in [0.15, 0.2) is 12.4 Å². The van der Waals surface area contributed by atoms with E-state index in [1.807, 2.05) is 13.2 Å². The molecule has 6 nitrogen and oxygen atoms in total. The molecule has 1 rings (SSSR count). The smallest absolute Gasteiger partial charge is 0.216 e. The minimum atomic E-state index is -3.40. The largest absolute Gasteiger partial charge is 0.395 e. The summed E-state index contributed by atoms with van der Waals surface area (Å²) in [7, 11) is -1.59. The van der Waals surface area contributed by atoms with E-state index in [9.17, 15) is 8.42 Å². The molecule has 0 saturated heterocycles. The van der Waals surface area contributed by atoms with E-state index >= 15 is 0 Å². The summed E-state index contributed by atoms with van der Waals surface area (Å²) in [6.45, 7) is 1.41. The third-order valence-corrected chi connectivity index (χ3v) is 4.08. The van der Waals surface area contributed by atoms with Gasteiger partial charge in [-0.2, -0.15) is 5.10 Å². The van der Waals surface area contributed by atoms with Gasteiger partial charge in [0, 0.05) is 19.8 Å². The molecule has 92 valence electrons. The Bertz CT molecular complexity index is 427. The Hall–Kier alpha value is -0.920. The standard InChI is InChI=1S/C9H17N3O3S/c1-8(7-13)16(14,15)11-4-3-9-5-10-12(2)6-9/h5-6,8,11,13H,3-4,7H2,1-2H3. The Morgan fingerprint density at radius 2 is 2.31 bits per heavy atom. The summed E-state index contributed by atoms with van der Waals surface area (Å²) < 4.78 is 27.0. The van der Waals surface area contributed by atoms with Crippen LogP contribution in [0, 0.1) is 0 Å². The summed E-state index contributed by atoms with van der Waals surface area (Å²) in [5.74, 6) is 0. The molecule has 1 unspecified atom stereocenters. The summed E-state index contributed by atoms with van der Waals surface area (Å²) in [5, 5.41) is 12.0. The molecule has 0 aliphatic heterocycles. The maximum absolute atomic E-state index is 11.5. The number of aliphatic hydroxyl groups is 1. The van der Waals surface area contributed by atoms with E-state index in [0.29, 0.717) is 13.0 Å². The van der Waals surface area contributed by atoms with E-state index in [4.69, 9.17) is 5.11 Å². The van der Waals surface area contributed by atoms with Crippen LogP contribution in [0.1, 0.15) is 12.5 Å². The Kier molecular flexibility index (Phi) is 4.45. The second-order valence-electron chi connectivity index (χ2n) is 3.70. The van der Waals surface area contributed by atoms with Crippen LogP contribution in [-0.4, -0.2) is 41.7 Å². The van der Waals surface area contributed by atoms with Gasteiger partial charge in [-0.15, -0.1) is 0 Å². The normalized spacial score (nSPS) is 13.9. The van der Waals surface area contributed by atoms with Gasteiger partial charge in [-0.05, 0) is 18.9 Å². The number of nitrogens with one attached hydrogen (secondary N) is 1. The Balaban J connectivity index is 2.41. The number of hydrogen-bond acceptors (Lipinski definition) is 4. The van der Waals surface area contributed by atoms with Crippen molar-refractivity contribution in [2.45, 2.75) is 18.6 Å². The molecule has 0 radical (unpaired) electrons. The molecule has 0 spiro atoms. The number of aromatic nitrogens is 2. The van der Waals surface area contributed by atoms with Crippen LogP contribution in [0.4, 0.5) is 0 Å². The molecule has 16 heavy (non-hydrogen) atoms. The highest BCUT2D eigenvalue weighted by molar-refractivity contribution is 7.90. The monoisotopic (exact) mass is 247 g/mol. The fraction of sp³-hybridized carbons (Fsp3) is 0.667. The minimum absolute atomic E-state index is 0.318. The molecule has 0 aliphatic rings. The molecular weight excluding hydrogens is 230 g/mol. The van der Waals surface area contributed by atoms with Crippen LogP contribution in [0.5, 0.6) is 0 Å². The lowest BCUT2D eigenvalue weighted by Crippen LogP contribution is -2.35. The average Bonchev–Trinajstić information content (AvgIpc) is 2.62.